The smallest absolute Gasteiger partial charge is 0.332 e. The van der Waals surface area contributed by atoms with E-state index in [4.69, 9.17) is 4.74 Å². The van der Waals surface area contributed by atoms with E-state index in [1.54, 1.807) is 0 Å². The van der Waals surface area contributed by atoms with Crippen LogP contribution in [-0.2, 0) is 16.0 Å². The van der Waals surface area contributed by atoms with Gasteiger partial charge in [-0.3, -0.25) is 4.98 Å². The summed E-state index contributed by atoms with van der Waals surface area (Å²) >= 11 is 0. The number of ether oxygens (including phenoxy) is 1. The van der Waals surface area contributed by atoms with E-state index in [1.165, 1.54) is 7.11 Å². The summed E-state index contributed by atoms with van der Waals surface area (Å²) in [4.78, 5) is 17.5. The van der Waals surface area contributed by atoms with Crippen LogP contribution in [0.3, 0.4) is 0 Å². The average Bonchev–Trinajstić information content (AvgIpc) is 3.29. The van der Waals surface area contributed by atoms with Crippen LogP contribution in [0.1, 0.15) is 17.5 Å². The molecule has 2 heterocycles. The summed E-state index contributed by atoms with van der Waals surface area (Å²) in [5, 5.41) is 5.64. The summed E-state index contributed by atoms with van der Waals surface area (Å²) in [5.74, 6) is -0.250. The second kappa shape index (κ2) is 8.31. The number of esters is 1. The highest BCUT2D eigenvalue weighted by molar-refractivity contribution is 5.95. The number of nitrogens with zero attached hydrogens (tertiary/aromatic N) is 1. The van der Waals surface area contributed by atoms with Crippen LogP contribution in [0.15, 0.2) is 97.3 Å². The number of fused-ring (bicyclic) bond motifs is 1. The molecule has 1 unspecified atom stereocenters. The van der Waals surface area contributed by atoms with Gasteiger partial charge >= 0.3 is 5.97 Å². The molecule has 4 heteroatoms. The Labute approximate surface area is 187 Å². The predicted molar refractivity (Wildman–Crippen MR) is 128 cm³/mol. The second-order valence-corrected chi connectivity index (χ2v) is 8.19. The van der Waals surface area contributed by atoms with Crippen molar-refractivity contribution in [3.63, 3.8) is 0 Å². The summed E-state index contributed by atoms with van der Waals surface area (Å²) < 4.78 is 5.19. The lowest BCUT2D eigenvalue weighted by molar-refractivity contribution is -0.147. The van der Waals surface area contributed by atoms with Gasteiger partial charge in [0.05, 0.1) is 12.8 Å². The van der Waals surface area contributed by atoms with Crippen LogP contribution in [0.2, 0.25) is 0 Å². The minimum absolute atomic E-state index is 0.250. The van der Waals surface area contributed by atoms with Gasteiger partial charge in [-0.15, -0.1) is 0 Å². The maximum absolute atomic E-state index is 12.8. The molecule has 3 aromatic carbocycles. The number of carbonyl (C=O) groups excluding carboxylic acids is 1. The van der Waals surface area contributed by atoms with Crippen molar-refractivity contribution in [2.24, 2.45) is 0 Å². The largest absolute Gasteiger partial charge is 0.467 e. The Hall–Kier alpha value is -3.92. The fourth-order valence-corrected chi connectivity index (χ4v) is 4.51. The van der Waals surface area contributed by atoms with E-state index in [0.717, 1.165) is 38.7 Å². The Balaban J connectivity index is 1.48. The molecule has 0 saturated heterocycles. The van der Waals surface area contributed by atoms with Gasteiger partial charge in [0.25, 0.3) is 0 Å². The van der Waals surface area contributed by atoms with E-state index in [1.807, 2.05) is 67.0 Å². The first kappa shape index (κ1) is 20.0. The van der Waals surface area contributed by atoms with Crippen LogP contribution >= 0.6 is 0 Å². The minimum atomic E-state index is -0.806. The Morgan fingerprint density at radius 1 is 0.969 bits per heavy atom. The zero-order chi connectivity index (χ0) is 22.0. The molecule has 0 saturated carbocycles. The highest BCUT2D eigenvalue weighted by atomic mass is 16.5. The SMILES string of the molecule is COC(=O)C1(Cc2ccccc2)CC(c2cccc(-c3nccc4ccccc34)c2)=CN1. The molecular weight excluding hydrogens is 396 g/mol. The van der Waals surface area contributed by atoms with Crippen LogP contribution in [0.25, 0.3) is 27.6 Å². The molecule has 5 rings (SSSR count). The molecule has 1 aliphatic heterocycles. The molecule has 32 heavy (non-hydrogen) atoms. The molecule has 1 aliphatic rings. The number of carbonyl (C=O) groups is 1. The first-order chi connectivity index (χ1) is 15.7. The zero-order valence-electron chi connectivity index (χ0n) is 17.9. The first-order valence-electron chi connectivity index (χ1n) is 10.7. The van der Waals surface area contributed by atoms with Gasteiger partial charge in [0.1, 0.15) is 5.54 Å². The van der Waals surface area contributed by atoms with Crippen LogP contribution in [0.5, 0.6) is 0 Å². The predicted octanol–water partition coefficient (Wildman–Crippen LogP) is 5.39. The molecule has 4 nitrogen and oxygen atoms in total. The van der Waals surface area contributed by atoms with Crippen LogP contribution in [0.4, 0.5) is 0 Å². The van der Waals surface area contributed by atoms with Gasteiger partial charge in [0.2, 0.25) is 0 Å². The topological polar surface area (TPSA) is 51.2 Å². The van der Waals surface area contributed by atoms with Gasteiger partial charge < -0.3 is 10.1 Å². The molecule has 1 aromatic heterocycles. The molecule has 4 aromatic rings. The number of hydrogen-bond donors (Lipinski definition) is 1. The van der Waals surface area contributed by atoms with Crippen molar-refractivity contribution in [3.05, 3.63) is 108 Å². The van der Waals surface area contributed by atoms with Crippen LogP contribution in [-0.4, -0.2) is 23.6 Å². The third-order valence-electron chi connectivity index (χ3n) is 6.12. The zero-order valence-corrected chi connectivity index (χ0v) is 17.9. The number of pyridine rings is 1. The van der Waals surface area contributed by atoms with E-state index in [0.29, 0.717) is 12.8 Å². The Morgan fingerprint density at radius 3 is 2.59 bits per heavy atom. The number of hydrogen-bond acceptors (Lipinski definition) is 4. The lowest BCUT2D eigenvalue weighted by Gasteiger charge is -2.27. The third-order valence-corrected chi connectivity index (χ3v) is 6.12. The van der Waals surface area contributed by atoms with E-state index in [9.17, 15) is 4.79 Å². The molecule has 0 fully saturated rings. The number of aromatic nitrogens is 1. The molecule has 0 aliphatic carbocycles. The lowest BCUT2D eigenvalue weighted by Crippen LogP contribution is -2.49. The van der Waals surface area contributed by atoms with Crippen LogP contribution in [0, 0.1) is 0 Å². The van der Waals surface area contributed by atoms with E-state index < -0.39 is 5.54 Å². The van der Waals surface area contributed by atoms with Gasteiger partial charge in [-0.1, -0.05) is 72.8 Å². The molecule has 1 N–H and O–H groups in total. The van der Waals surface area contributed by atoms with Crippen molar-refractivity contribution in [3.8, 4) is 11.3 Å². The fraction of sp³-hybridized carbons (Fsp3) is 0.143. The van der Waals surface area contributed by atoms with E-state index in [2.05, 4.69) is 40.6 Å². The van der Waals surface area contributed by atoms with Crippen molar-refractivity contribution >= 4 is 22.3 Å². The Morgan fingerprint density at radius 2 is 1.75 bits per heavy atom. The maximum atomic E-state index is 12.8. The monoisotopic (exact) mass is 420 g/mol. The number of benzene rings is 3. The third kappa shape index (κ3) is 3.65. The van der Waals surface area contributed by atoms with Crippen molar-refractivity contribution < 1.29 is 9.53 Å². The summed E-state index contributed by atoms with van der Waals surface area (Å²) in [6.07, 6.45) is 4.92. The molecular formula is C28H24N2O2. The maximum Gasteiger partial charge on any atom is 0.332 e. The number of methoxy groups -OCH3 is 1. The summed E-state index contributed by atoms with van der Waals surface area (Å²) in [6, 6.07) is 28.7. The van der Waals surface area contributed by atoms with Crippen molar-refractivity contribution in [2.45, 2.75) is 18.4 Å². The molecule has 0 bridgehead atoms. The highest BCUT2D eigenvalue weighted by Gasteiger charge is 2.43. The quantitative estimate of drug-likeness (QED) is 0.440. The van der Waals surface area contributed by atoms with Gasteiger partial charge in [-0.25, -0.2) is 4.79 Å². The second-order valence-electron chi connectivity index (χ2n) is 8.19. The standard InChI is InChI=1S/C28H24N2O2/c1-32-27(31)28(17-20-8-3-2-4-9-20)18-24(19-30-28)22-11-7-12-23(16-22)26-25-13-6-5-10-21(25)14-15-29-26/h2-16,19,30H,17-18H2,1H3. The average molecular weight is 421 g/mol. The molecule has 0 radical (unpaired) electrons. The number of rotatable bonds is 5. The van der Waals surface area contributed by atoms with E-state index >= 15 is 0 Å². The van der Waals surface area contributed by atoms with Gasteiger partial charge in [0.15, 0.2) is 0 Å². The van der Waals surface area contributed by atoms with Crippen molar-refractivity contribution in [2.75, 3.05) is 7.11 Å². The molecule has 0 amide bonds. The first-order valence-corrected chi connectivity index (χ1v) is 10.7. The minimum Gasteiger partial charge on any atom is -0.467 e. The van der Waals surface area contributed by atoms with E-state index in [-0.39, 0.29) is 5.97 Å². The Kier molecular flexibility index (Phi) is 5.20. The van der Waals surface area contributed by atoms with Crippen molar-refractivity contribution in [1.82, 2.24) is 10.3 Å². The Bertz CT molecular complexity index is 1310. The summed E-state index contributed by atoms with van der Waals surface area (Å²) in [6.45, 7) is 0. The van der Waals surface area contributed by atoms with Gasteiger partial charge in [-0.05, 0) is 34.2 Å². The highest BCUT2D eigenvalue weighted by Crippen LogP contribution is 2.36. The normalized spacial score (nSPS) is 17.6. The molecule has 1 atom stereocenters. The molecule has 158 valence electrons. The van der Waals surface area contributed by atoms with Crippen molar-refractivity contribution in [1.29, 1.82) is 0 Å². The fourth-order valence-electron chi connectivity index (χ4n) is 4.51. The summed E-state index contributed by atoms with van der Waals surface area (Å²) in [5.41, 5.74) is 4.45. The molecule has 0 spiro atoms. The van der Waals surface area contributed by atoms with Crippen LogP contribution < -0.4 is 5.32 Å². The summed E-state index contributed by atoms with van der Waals surface area (Å²) in [7, 11) is 1.45. The van der Waals surface area contributed by atoms with Gasteiger partial charge in [-0.2, -0.15) is 0 Å². The van der Waals surface area contributed by atoms with Gasteiger partial charge in [0, 0.05) is 36.2 Å². The lowest BCUT2D eigenvalue weighted by atomic mass is 9.85. The number of nitrogens with one attached hydrogen (secondary N) is 1.